The Bertz CT molecular complexity index is 482. The first-order valence-corrected chi connectivity index (χ1v) is 9.95. The van der Waals surface area contributed by atoms with Gasteiger partial charge in [-0.15, -0.1) is 0 Å². The van der Waals surface area contributed by atoms with Crippen molar-refractivity contribution in [1.29, 1.82) is 0 Å². The average Bonchev–Trinajstić information content (AvgIpc) is 3.04. The van der Waals surface area contributed by atoms with E-state index in [-0.39, 0.29) is 5.41 Å². The lowest BCUT2D eigenvalue weighted by Gasteiger charge is -2.55. The van der Waals surface area contributed by atoms with Gasteiger partial charge in [-0.1, -0.05) is 13.8 Å². The van der Waals surface area contributed by atoms with E-state index in [1.165, 1.54) is 0 Å². The molecule has 2 aliphatic heterocycles. The van der Waals surface area contributed by atoms with Crippen molar-refractivity contribution in [3.8, 4) is 0 Å². The number of morpholine rings is 1. The van der Waals surface area contributed by atoms with Crippen LogP contribution in [0.5, 0.6) is 0 Å². The second kappa shape index (κ2) is 7.80. The Hall–Kier alpha value is -0.850. The maximum absolute atomic E-state index is 5.91. The summed E-state index contributed by atoms with van der Waals surface area (Å²) in [6.07, 6.45) is 1.56. The van der Waals surface area contributed by atoms with Crippen LogP contribution in [0.2, 0.25) is 0 Å². The van der Waals surface area contributed by atoms with Gasteiger partial charge in [0, 0.05) is 49.2 Å². The minimum Gasteiger partial charge on any atom is -0.379 e. The smallest absolute Gasteiger partial charge is 0.191 e. The maximum atomic E-state index is 5.91. The minimum atomic E-state index is 0.168. The summed E-state index contributed by atoms with van der Waals surface area (Å²) in [5.74, 6) is 1.56. The Labute approximate surface area is 152 Å². The van der Waals surface area contributed by atoms with Crippen LogP contribution in [0.3, 0.4) is 0 Å². The molecule has 6 nitrogen and oxygen atoms in total. The van der Waals surface area contributed by atoms with E-state index in [9.17, 15) is 0 Å². The molecule has 5 atom stereocenters. The Morgan fingerprint density at radius 2 is 2.16 bits per heavy atom. The third-order valence-electron chi connectivity index (χ3n) is 6.24. The van der Waals surface area contributed by atoms with E-state index < -0.39 is 0 Å². The summed E-state index contributed by atoms with van der Waals surface area (Å²) in [6.45, 7) is 16.5. The highest BCUT2D eigenvalue weighted by atomic mass is 16.5. The zero-order chi connectivity index (χ0) is 18.0. The second-order valence-electron chi connectivity index (χ2n) is 8.42. The standard InChI is InChI=1S/C19H36N4O2/c1-6-20-18(21-11-13(2)23-8-10-24-12-14(23)3)22-16-15-7-9-25-17(15)19(16,4)5/h13-17H,6-12H2,1-5H3,(H2,20,21,22). The van der Waals surface area contributed by atoms with Crippen LogP contribution in [0, 0.1) is 11.3 Å². The molecule has 1 aliphatic carbocycles. The first kappa shape index (κ1) is 18.9. The summed E-state index contributed by atoms with van der Waals surface area (Å²) in [5.41, 5.74) is 0.168. The number of rotatable bonds is 5. The first-order chi connectivity index (χ1) is 11.9. The van der Waals surface area contributed by atoms with Crippen LogP contribution in [-0.4, -0.2) is 74.5 Å². The molecular weight excluding hydrogens is 316 g/mol. The number of ether oxygens (including phenoxy) is 2. The fourth-order valence-corrected chi connectivity index (χ4v) is 4.81. The fraction of sp³-hybridized carbons (Fsp3) is 0.947. The van der Waals surface area contributed by atoms with E-state index in [0.29, 0.717) is 30.1 Å². The molecule has 6 heteroatoms. The molecule has 3 aliphatic rings. The van der Waals surface area contributed by atoms with E-state index in [0.717, 1.165) is 51.8 Å². The van der Waals surface area contributed by atoms with Crippen molar-refractivity contribution >= 4 is 5.96 Å². The summed E-state index contributed by atoms with van der Waals surface area (Å²) < 4.78 is 11.5. The fourth-order valence-electron chi connectivity index (χ4n) is 4.81. The minimum absolute atomic E-state index is 0.168. The quantitative estimate of drug-likeness (QED) is 0.580. The van der Waals surface area contributed by atoms with Crippen molar-refractivity contribution in [2.75, 3.05) is 39.5 Å². The van der Waals surface area contributed by atoms with Gasteiger partial charge in [0.05, 0.1) is 25.9 Å². The van der Waals surface area contributed by atoms with Crippen LogP contribution in [0.1, 0.15) is 41.0 Å². The van der Waals surface area contributed by atoms with Crippen molar-refractivity contribution in [2.45, 2.75) is 65.3 Å². The van der Waals surface area contributed by atoms with Gasteiger partial charge in [-0.2, -0.15) is 0 Å². The molecular formula is C19H36N4O2. The largest absolute Gasteiger partial charge is 0.379 e. The molecule has 0 aromatic rings. The molecule has 3 rings (SSSR count). The molecule has 0 spiro atoms. The number of aliphatic imine (C=N–C) groups is 1. The monoisotopic (exact) mass is 352 g/mol. The normalized spacial score (nSPS) is 36.4. The lowest BCUT2D eigenvalue weighted by Crippen LogP contribution is -2.68. The number of nitrogens with one attached hydrogen (secondary N) is 2. The molecule has 0 bridgehead atoms. The van der Waals surface area contributed by atoms with Crippen LogP contribution in [0.15, 0.2) is 4.99 Å². The van der Waals surface area contributed by atoms with Gasteiger partial charge in [-0.3, -0.25) is 9.89 Å². The average molecular weight is 353 g/mol. The van der Waals surface area contributed by atoms with Crippen LogP contribution in [0.25, 0.3) is 0 Å². The summed E-state index contributed by atoms with van der Waals surface area (Å²) in [6, 6.07) is 1.33. The van der Waals surface area contributed by atoms with Crippen molar-refractivity contribution in [3.05, 3.63) is 0 Å². The van der Waals surface area contributed by atoms with Crippen molar-refractivity contribution in [1.82, 2.24) is 15.5 Å². The summed E-state index contributed by atoms with van der Waals surface area (Å²) in [5, 5.41) is 7.13. The van der Waals surface area contributed by atoms with Gasteiger partial charge in [0.2, 0.25) is 0 Å². The van der Waals surface area contributed by atoms with Gasteiger partial charge in [-0.25, -0.2) is 0 Å². The van der Waals surface area contributed by atoms with Crippen molar-refractivity contribution < 1.29 is 9.47 Å². The van der Waals surface area contributed by atoms with E-state index in [4.69, 9.17) is 14.5 Å². The Morgan fingerprint density at radius 1 is 1.36 bits per heavy atom. The molecule has 0 aromatic carbocycles. The predicted octanol–water partition coefficient (Wildman–Crippen LogP) is 1.46. The summed E-state index contributed by atoms with van der Waals surface area (Å²) >= 11 is 0. The highest BCUT2D eigenvalue weighted by Gasteiger charge is 2.59. The van der Waals surface area contributed by atoms with Gasteiger partial charge in [-0.05, 0) is 27.2 Å². The number of guanidine groups is 1. The topological polar surface area (TPSA) is 58.1 Å². The van der Waals surface area contributed by atoms with Crippen LogP contribution >= 0.6 is 0 Å². The number of hydrogen-bond donors (Lipinski definition) is 2. The molecule has 2 saturated heterocycles. The number of fused-ring (bicyclic) bond motifs is 1. The summed E-state index contributed by atoms with van der Waals surface area (Å²) in [7, 11) is 0. The highest BCUT2D eigenvalue weighted by Crippen LogP contribution is 2.52. The third kappa shape index (κ3) is 3.81. The Morgan fingerprint density at radius 3 is 2.88 bits per heavy atom. The predicted molar refractivity (Wildman–Crippen MR) is 101 cm³/mol. The van der Waals surface area contributed by atoms with Crippen LogP contribution in [-0.2, 0) is 9.47 Å². The molecule has 0 amide bonds. The van der Waals surface area contributed by atoms with Crippen molar-refractivity contribution in [3.63, 3.8) is 0 Å². The lowest BCUT2D eigenvalue weighted by molar-refractivity contribution is -0.106. The Balaban J connectivity index is 1.59. The zero-order valence-corrected chi connectivity index (χ0v) is 16.5. The maximum Gasteiger partial charge on any atom is 0.191 e. The van der Waals surface area contributed by atoms with Gasteiger partial charge in [0.15, 0.2) is 5.96 Å². The molecule has 0 aromatic heterocycles. The number of nitrogens with zero attached hydrogens (tertiary/aromatic N) is 2. The van der Waals surface area contributed by atoms with Gasteiger partial charge in [0.1, 0.15) is 0 Å². The molecule has 1 saturated carbocycles. The molecule has 3 fully saturated rings. The lowest BCUT2D eigenvalue weighted by atomic mass is 9.57. The molecule has 25 heavy (non-hydrogen) atoms. The van der Waals surface area contributed by atoms with E-state index >= 15 is 0 Å². The summed E-state index contributed by atoms with van der Waals surface area (Å²) in [4.78, 5) is 7.40. The third-order valence-corrected chi connectivity index (χ3v) is 6.24. The zero-order valence-electron chi connectivity index (χ0n) is 16.5. The van der Waals surface area contributed by atoms with Gasteiger partial charge >= 0.3 is 0 Å². The Kier molecular flexibility index (Phi) is 5.91. The van der Waals surface area contributed by atoms with Gasteiger partial charge in [0.25, 0.3) is 0 Å². The second-order valence-corrected chi connectivity index (χ2v) is 8.42. The van der Waals surface area contributed by atoms with Crippen LogP contribution in [0.4, 0.5) is 0 Å². The molecule has 2 heterocycles. The molecule has 2 N–H and O–H groups in total. The molecule has 144 valence electrons. The van der Waals surface area contributed by atoms with E-state index in [1.54, 1.807) is 0 Å². The van der Waals surface area contributed by atoms with Gasteiger partial charge < -0.3 is 20.1 Å². The van der Waals surface area contributed by atoms with E-state index in [2.05, 4.69) is 50.2 Å². The first-order valence-electron chi connectivity index (χ1n) is 9.95. The number of hydrogen-bond acceptors (Lipinski definition) is 4. The SMILES string of the molecule is CCNC(=NCC(C)N1CCOCC1C)NC1C2CCOC2C1(C)C. The highest BCUT2D eigenvalue weighted by molar-refractivity contribution is 5.80. The van der Waals surface area contributed by atoms with E-state index in [1.807, 2.05) is 0 Å². The molecule has 0 radical (unpaired) electrons. The molecule has 5 unspecified atom stereocenters. The van der Waals surface area contributed by atoms with Crippen molar-refractivity contribution in [2.24, 2.45) is 16.3 Å². The van der Waals surface area contributed by atoms with Crippen LogP contribution < -0.4 is 10.6 Å².